The van der Waals surface area contributed by atoms with Crippen molar-refractivity contribution in [3.63, 3.8) is 0 Å². The molecule has 2 aromatic heterocycles. The topological polar surface area (TPSA) is 81.3 Å². The molecular formula is C28H27N5O2S. The number of carbonyl (C=O) groups is 1. The van der Waals surface area contributed by atoms with Crippen molar-refractivity contribution in [3.8, 4) is 0 Å². The number of hydrogen-bond acceptors (Lipinski definition) is 5. The molecule has 5 aromatic rings. The minimum absolute atomic E-state index is 0.0919. The molecule has 0 spiro atoms. The molecule has 8 heteroatoms. The minimum atomic E-state index is -0.119. The highest BCUT2D eigenvalue weighted by Gasteiger charge is 2.18. The van der Waals surface area contributed by atoms with Crippen LogP contribution in [0.25, 0.3) is 16.7 Å². The number of nitrogens with one attached hydrogen (secondary N) is 1. The third kappa shape index (κ3) is 4.77. The summed E-state index contributed by atoms with van der Waals surface area (Å²) in [5.41, 5.74) is 3.93. The lowest BCUT2D eigenvalue weighted by Gasteiger charge is -2.15. The zero-order valence-electron chi connectivity index (χ0n) is 20.2. The molecule has 0 aliphatic carbocycles. The smallest absolute Gasteiger partial charge is 0.263 e. The number of aryl methyl sites for hydroxylation is 1. The summed E-state index contributed by atoms with van der Waals surface area (Å²) < 4.78 is 3.50. The number of benzene rings is 3. The van der Waals surface area contributed by atoms with Crippen LogP contribution in [-0.2, 0) is 17.8 Å². The maximum atomic E-state index is 13.3. The summed E-state index contributed by atoms with van der Waals surface area (Å²) in [7, 11) is 0. The van der Waals surface area contributed by atoms with Crippen LogP contribution in [0.3, 0.4) is 0 Å². The van der Waals surface area contributed by atoms with E-state index in [1.165, 1.54) is 17.3 Å². The Labute approximate surface area is 213 Å². The molecule has 5 rings (SSSR count). The fourth-order valence-corrected chi connectivity index (χ4v) is 5.03. The van der Waals surface area contributed by atoms with Gasteiger partial charge in [0.2, 0.25) is 11.7 Å². The van der Waals surface area contributed by atoms with Crippen molar-refractivity contribution in [2.75, 3.05) is 5.75 Å². The molecule has 0 saturated carbocycles. The van der Waals surface area contributed by atoms with Crippen molar-refractivity contribution >= 4 is 34.3 Å². The van der Waals surface area contributed by atoms with E-state index in [2.05, 4.69) is 46.7 Å². The van der Waals surface area contributed by atoms with E-state index < -0.39 is 0 Å². The van der Waals surface area contributed by atoms with E-state index in [9.17, 15) is 9.59 Å². The molecule has 1 unspecified atom stereocenters. The second kappa shape index (κ2) is 10.4. The van der Waals surface area contributed by atoms with Crippen molar-refractivity contribution in [3.05, 3.63) is 106 Å². The minimum Gasteiger partial charge on any atom is -0.349 e. The number of carbonyl (C=O) groups excluding carboxylic acids is 1. The molecule has 0 bridgehead atoms. The van der Waals surface area contributed by atoms with Gasteiger partial charge in [0.25, 0.3) is 5.56 Å². The van der Waals surface area contributed by atoms with Crippen LogP contribution in [0.5, 0.6) is 0 Å². The SMILES string of the molecule is CCc1ccc(C(C)NC(=O)CSc2nnc3n(Cc4ccccc4)c(=O)c4ccccc4n23)cc1. The predicted molar refractivity (Wildman–Crippen MR) is 143 cm³/mol. The average Bonchev–Trinajstić information content (AvgIpc) is 3.34. The first-order valence-electron chi connectivity index (χ1n) is 12.0. The molecule has 182 valence electrons. The molecule has 2 heterocycles. The Bertz CT molecular complexity index is 1580. The van der Waals surface area contributed by atoms with E-state index in [0.717, 1.165) is 23.1 Å². The molecule has 1 atom stereocenters. The van der Waals surface area contributed by atoms with Crippen LogP contribution in [0.1, 0.15) is 36.6 Å². The van der Waals surface area contributed by atoms with Crippen LogP contribution in [0, 0.1) is 0 Å². The lowest BCUT2D eigenvalue weighted by atomic mass is 10.1. The van der Waals surface area contributed by atoms with Gasteiger partial charge in [-0.1, -0.05) is 85.4 Å². The summed E-state index contributed by atoms with van der Waals surface area (Å²) in [4.78, 5) is 26.1. The second-order valence-electron chi connectivity index (χ2n) is 8.69. The number of thioether (sulfide) groups is 1. The van der Waals surface area contributed by atoms with Gasteiger partial charge in [0.15, 0.2) is 5.16 Å². The summed E-state index contributed by atoms with van der Waals surface area (Å²) >= 11 is 1.31. The lowest BCUT2D eigenvalue weighted by molar-refractivity contribution is -0.119. The van der Waals surface area contributed by atoms with Gasteiger partial charge in [-0.05, 0) is 42.2 Å². The Balaban J connectivity index is 1.41. The Morgan fingerprint density at radius 1 is 0.944 bits per heavy atom. The monoisotopic (exact) mass is 497 g/mol. The van der Waals surface area contributed by atoms with Gasteiger partial charge in [0.05, 0.1) is 29.2 Å². The standard InChI is InChI=1S/C28H27N5O2S/c1-3-20-13-15-22(16-14-20)19(2)29-25(34)18-36-28-31-30-27-32(17-21-9-5-4-6-10-21)26(35)23-11-7-8-12-24(23)33(27)28/h4-16,19H,3,17-18H2,1-2H3,(H,29,34). The molecule has 3 aromatic carbocycles. The van der Waals surface area contributed by atoms with Gasteiger partial charge < -0.3 is 5.32 Å². The molecule has 0 aliphatic heterocycles. The Kier molecular flexibility index (Phi) is 6.86. The van der Waals surface area contributed by atoms with Crippen molar-refractivity contribution in [2.45, 2.75) is 38.0 Å². The van der Waals surface area contributed by atoms with Crippen LogP contribution in [-0.4, -0.2) is 30.8 Å². The van der Waals surface area contributed by atoms with Gasteiger partial charge in [-0.15, -0.1) is 10.2 Å². The maximum Gasteiger partial charge on any atom is 0.263 e. The van der Waals surface area contributed by atoms with E-state index in [1.807, 2.05) is 65.9 Å². The van der Waals surface area contributed by atoms with Crippen LogP contribution in [0.15, 0.2) is 88.8 Å². The van der Waals surface area contributed by atoms with E-state index >= 15 is 0 Å². The van der Waals surface area contributed by atoms with Crippen LogP contribution >= 0.6 is 11.8 Å². The number of nitrogens with zero attached hydrogens (tertiary/aromatic N) is 4. The zero-order chi connectivity index (χ0) is 25.1. The van der Waals surface area contributed by atoms with Gasteiger partial charge in [-0.2, -0.15) is 0 Å². The normalized spacial score (nSPS) is 12.2. The molecule has 1 amide bonds. The van der Waals surface area contributed by atoms with Crippen LogP contribution < -0.4 is 10.9 Å². The van der Waals surface area contributed by atoms with Crippen molar-refractivity contribution in [1.82, 2.24) is 24.5 Å². The first-order chi connectivity index (χ1) is 17.5. The van der Waals surface area contributed by atoms with Gasteiger partial charge >= 0.3 is 0 Å². The number of fused-ring (bicyclic) bond motifs is 3. The Morgan fingerprint density at radius 2 is 1.67 bits per heavy atom. The first-order valence-corrected chi connectivity index (χ1v) is 12.9. The summed E-state index contributed by atoms with van der Waals surface area (Å²) in [6.45, 7) is 4.48. The van der Waals surface area contributed by atoms with E-state index in [1.54, 1.807) is 4.57 Å². The highest BCUT2D eigenvalue weighted by molar-refractivity contribution is 7.99. The highest BCUT2D eigenvalue weighted by Crippen LogP contribution is 2.22. The molecule has 0 fully saturated rings. The average molecular weight is 498 g/mol. The molecule has 0 aliphatic rings. The maximum absolute atomic E-state index is 13.3. The molecular weight excluding hydrogens is 470 g/mol. The predicted octanol–water partition coefficient (Wildman–Crippen LogP) is 4.62. The summed E-state index contributed by atoms with van der Waals surface area (Å²) in [5.74, 6) is 0.546. The number of para-hydroxylation sites is 1. The van der Waals surface area contributed by atoms with Gasteiger partial charge in [0.1, 0.15) is 0 Å². The van der Waals surface area contributed by atoms with E-state index in [-0.39, 0.29) is 23.3 Å². The fraction of sp³-hybridized carbons (Fsp3) is 0.214. The third-order valence-corrected chi connectivity index (χ3v) is 7.19. The number of amides is 1. The van der Waals surface area contributed by atoms with Gasteiger partial charge in [-0.3, -0.25) is 18.6 Å². The van der Waals surface area contributed by atoms with Gasteiger partial charge in [-0.25, -0.2) is 0 Å². The molecule has 0 radical (unpaired) electrons. The second-order valence-corrected chi connectivity index (χ2v) is 9.63. The molecule has 7 nitrogen and oxygen atoms in total. The third-order valence-electron chi connectivity index (χ3n) is 6.26. The Hall–Kier alpha value is -3.91. The summed E-state index contributed by atoms with van der Waals surface area (Å²) in [5, 5.41) is 12.9. The Morgan fingerprint density at radius 3 is 2.42 bits per heavy atom. The quantitative estimate of drug-likeness (QED) is 0.316. The van der Waals surface area contributed by atoms with Gasteiger partial charge in [0, 0.05) is 0 Å². The number of hydrogen-bond donors (Lipinski definition) is 1. The first kappa shape index (κ1) is 23.8. The van der Waals surface area contributed by atoms with Crippen molar-refractivity contribution in [2.24, 2.45) is 0 Å². The van der Waals surface area contributed by atoms with Crippen molar-refractivity contribution < 1.29 is 4.79 Å². The molecule has 0 saturated heterocycles. The zero-order valence-corrected chi connectivity index (χ0v) is 21.0. The largest absolute Gasteiger partial charge is 0.349 e. The number of rotatable bonds is 8. The van der Waals surface area contributed by atoms with Crippen LogP contribution in [0.4, 0.5) is 0 Å². The van der Waals surface area contributed by atoms with E-state index in [0.29, 0.717) is 22.9 Å². The summed E-state index contributed by atoms with van der Waals surface area (Å²) in [6.07, 6.45) is 0.984. The van der Waals surface area contributed by atoms with Crippen molar-refractivity contribution in [1.29, 1.82) is 0 Å². The molecule has 36 heavy (non-hydrogen) atoms. The molecule has 1 N–H and O–H groups in total. The lowest BCUT2D eigenvalue weighted by Crippen LogP contribution is -2.28. The summed E-state index contributed by atoms with van der Waals surface area (Å²) in [6, 6.07) is 25.4. The van der Waals surface area contributed by atoms with E-state index in [4.69, 9.17) is 0 Å². The fourth-order valence-electron chi connectivity index (χ4n) is 4.27. The van der Waals surface area contributed by atoms with Crippen LogP contribution in [0.2, 0.25) is 0 Å². The number of aromatic nitrogens is 4. The highest BCUT2D eigenvalue weighted by atomic mass is 32.2.